The SMILES string of the molecule is CC(C)C(=O)COCCOCCNC(=O)COCCOCCNC(=O)CC[C@H](NC(=O)CCCCCCCCCCCCCCC(=O)O)C(=O)O. The molecule has 0 saturated carbocycles. The van der Waals surface area contributed by atoms with E-state index in [2.05, 4.69) is 16.0 Å². The number of amides is 3. The molecule has 0 aliphatic rings. The molecule has 0 saturated heterocycles. The van der Waals surface area contributed by atoms with Crippen molar-refractivity contribution in [2.45, 2.75) is 123 Å². The van der Waals surface area contributed by atoms with Gasteiger partial charge in [-0.25, -0.2) is 4.79 Å². The molecule has 296 valence electrons. The summed E-state index contributed by atoms with van der Waals surface area (Å²) in [7, 11) is 0. The predicted molar refractivity (Wildman–Crippen MR) is 190 cm³/mol. The highest BCUT2D eigenvalue weighted by atomic mass is 16.5. The molecule has 0 rings (SSSR count). The van der Waals surface area contributed by atoms with E-state index in [9.17, 15) is 33.9 Å². The molecular weight excluding hydrogens is 666 g/mol. The number of carboxylic acids is 2. The number of ether oxygens (including phenoxy) is 4. The highest BCUT2D eigenvalue weighted by Gasteiger charge is 2.20. The number of unbranched alkanes of at least 4 members (excludes halogenated alkanes) is 11. The van der Waals surface area contributed by atoms with Crippen LogP contribution in [-0.2, 0) is 47.7 Å². The molecule has 0 spiro atoms. The van der Waals surface area contributed by atoms with Crippen molar-refractivity contribution >= 4 is 35.4 Å². The van der Waals surface area contributed by atoms with Crippen LogP contribution in [0.25, 0.3) is 0 Å². The number of hydrogen-bond acceptors (Lipinski definition) is 10. The first-order valence-corrected chi connectivity index (χ1v) is 18.6. The standard InChI is InChI=1S/C36H65N3O12/c1-29(2)31(40)27-50-25-23-49-22-20-38-34(43)28-51-26-24-48-21-19-37-32(41)18-17-30(36(46)47)39-33(42)15-13-11-9-7-5-3-4-6-8-10-12-14-16-35(44)45/h29-30H,3-28H2,1-2H3,(H,37,41)(H,38,43)(H,39,42)(H,44,45)(H,46,47)/t30-/m0/s1. The van der Waals surface area contributed by atoms with Crippen molar-refractivity contribution in [1.29, 1.82) is 0 Å². The van der Waals surface area contributed by atoms with E-state index in [0.29, 0.717) is 32.8 Å². The molecule has 0 heterocycles. The van der Waals surface area contributed by atoms with Gasteiger partial charge < -0.3 is 45.1 Å². The molecule has 0 fully saturated rings. The fraction of sp³-hybridized carbons (Fsp3) is 0.833. The molecule has 5 N–H and O–H groups in total. The van der Waals surface area contributed by atoms with E-state index in [1.165, 1.54) is 19.3 Å². The van der Waals surface area contributed by atoms with E-state index >= 15 is 0 Å². The van der Waals surface area contributed by atoms with Crippen LogP contribution in [0.1, 0.15) is 117 Å². The fourth-order valence-electron chi connectivity index (χ4n) is 4.74. The summed E-state index contributed by atoms with van der Waals surface area (Å²) >= 11 is 0. The van der Waals surface area contributed by atoms with Crippen molar-refractivity contribution < 1.29 is 57.9 Å². The van der Waals surface area contributed by atoms with Gasteiger partial charge in [0, 0.05) is 38.3 Å². The van der Waals surface area contributed by atoms with Gasteiger partial charge in [0.15, 0.2) is 5.78 Å². The lowest BCUT2D eigenvalue weighted by molar-refractivity contribution is -0.142. The van der Waals surface area contributed by atoms with Crippen molar-refractivity contribution in [2.75, 3.05) is 65.9 Å². The summed E-state index contributed by atoms with van der Waals surface area (Å²) in [5.41, 5.74) is 0. The summed E-state index contributed by atoms with van der Waals surface area (Å²) in [5, 5.41) is 25.9. The van der Waals surface area contributed by atoms with Gasteiger partial charge >= 0.3 is 11.9 Å². The number of hydrogen-bond donors (Lipinski definition) is 5. The summed E-state index contributed by atoms with van der Waals surface area (Å²) in [4.78, 5) is 69.7. The van der Waals surface area contributed by atoms with E-state index in [1.807, 2.05) is 13.8 Å². The largest absolute Gasteiger partial charge is 0.481 e. The van der Waals surface area contributed by atoms with Crippen LogP contribution in [0.3, 0.4) is 0 Å². The molecular formula is C36H65N3O12. The van der Waals surface area contributed by atoms with Gasteiger partial charge in [-0.15, -0.1) is 0 Å². The molecule has 0 aliphatic heterocycles. The van der Waals surface area contributed by atoms with E-state index in [0.717, 1.165) is 51.4 Å². The number of rotatable bonds is 37. The summed E-state index contributed by atoms with van der Waals surface area (Å²) in [6, 6.07) is -1.13. The second kappa shape index (κ2) is 34.0. The molecule has 51 heavy (non-hydrogen) atoms. The predicted octanol–water partition coefficient (Wildman–Crippen LogP) is 3.41. The van der Waals surface area contributed by atoms with Crippen molar-refractivity contribution in [2.24, 2.45) is 5.92 Å². The Hall–Kier alpha value is -3.14. The van der Waals surface area contributed by atoms with Crippen LogP contribution in [-0.4, -0.2) is 118 Å². The number of aliphatic carboxylic acids is 2. The van der Waals surface area contributed by atoms with Gasteiger partial charge in [-0.1, -0.05) is 78.1 Å². The van der Waals surface area contributed by atoms with Crippen LogP contribution in [0, 0.1) is 5.92 Å². The first-order valence-electron chi connectivity index (χ1n) is 18.6. The zero-order valence-corrected chi connectivity index (χ0v) is 31.0. The Kier molecular flexibility index (Phi) is 31.9. The molecule has 1 atom stereocenters. The number of ketones is 1. The third kappa shape index (κ3) is 33.7. The molecule has 0 aromatic carbocycles. The van der Waals surface area contributed by atoms with Crippen molar-refractivity contribution in [3.05, 3.63) is 0 Å². The third-order valence-corrected chi connectivity index (χ3v) is 7.84. The van der Waals surface area contributed by atoms with Gasteiger partial charge in [-0.3, -0.25) is 24.0 Å². The lowest BCUT2D eigenvalue weighted by Crippen LogP contribution is -2.41. The highest BCUT2D eigenvalue weighted by Crippen LogP contribution is 2.13. The van der Waals surface area contributed by atoms with Gasteiger partial charge in [0.05, 0.1) is 39.6 Å². The summed E-state index contributed by atoms with van der Waals surface area (Å²) < 4.78 is 21.2. The number of carbonyl (C=O) groups is 6. The average molecular weight is 732 g/mol. The smallest absolute Gasteiger partial charge is 0.326 e. The molecule has 0 bridgehead atoms. The van der Waals surface area contributed by atoms with Crippen molar-refractivity contribution in [1.82, 2.24) is 16.0 Å². The van der Waals surface area contributed by atoms with Gasteiger partial charge in [0.25, 0.3) is 0 Å². The minimum atomic E-state index is -1.18. The van der Waals surface area contributed by atoms with Crippen molar-refractivity contribution in [3.8, 4) is 0 Å². The molecule has 15 heteroatoms. The lowest BCUT2D eigenvalue weighted by atomic mass is 10.0. The van der Waals surface area contributed by atoms with Crippen LogP contribution >= 0.6 is 0 Å². The fourth-order valence-corrected chi connectivity index (χ4v) is 4.74. The van der Waals surface area contributed by atoms with E-state index in [1.54, 1.807) is 0 Å². The summed E-state index contributed by atoms with van der Waals surface area (Å²) in [6.45, 7) is 5.64. The van der Waals surface area contributed by atoms with Gasteiger partial charge in [0.2, 0.25) is 17.7 Å². The Morgan fingerprint density at radius 3 is 1.45 bits per heavy atom. The first-order chi connectivity index (χ1) is 24.5. The number of carbonyl (C=O) groups excluding carboxylic acids is 4. The Balaban J connectivity index is 3.68. The second-order valence-corrected chi connectivity index (χ2v) is 12.8. The number of nitrogens with one attached hydrogen (secondary N) is 3. The Bertz CT molecular complexity index is 964. The highest BCUT2D eigenvalue weighted by molar-refractivity contribution is 5.84. The maximum Gasteiger partial charge on any atom is 0.326 e. The summed E-state index contributed by atoms with van der Waals surface area (Å²) in [6.07, 6.45) is 12.8. The second-order valence-electron chi connectivity index (χ2n) is 12.8. The van der Waals surface area contributed by atoms with Crippen LogP contribution < -0.4 is 16.0 Å². The quantitative estimate of drug-likeness (QED) is 0.0582. The zero-order chi connectivity index (χ0) is 38.0. The summed E-state index contributed by atoms with van der Waals surface area (Å²) in [5.74, 6) is -2.90. The maximum absolute atomic E-state index is 12.3. The molecule has 0 radical (unpaired) electrons. The van der Waals surface area contributed by atoms with Crippen LogP contribution in [0.4, 0.5) is 0 Å². The lowest BCUT2D eigenvalue weighted by Gasteiger charge is -2.14. The van der Waals surface area contributed by atoms with Crippen molar-refractivity contribution in [3.63, 3.8) is 0 Å². The molecule has 15 nitrogen and oxygen atoms in total. The van der Waals surface area contributed by atoms with Gasteiger partial charge in [-0.05, 0) is 19.3 Å². The molecule has 0 unspecified atom stereocenters. The Morgan fingerprint density at radius 2 is 0.961 bits per heavy atom. The molecule has 0 aliphatic carbocycles. The number of carboxylic acid groups (broad SMARTS) is 2. The van der Waals surface area contributed by atoms with Gasteiger partial charge in [-0.2, -0.15) is 0 Å². The normalized spacial score (nSPS) is 11.7. The minimum Gasteiger partial charge on any atom is -0.481 e. The van der Waals surface area contributed by atoms with E-state index in [4.69, 9.17) is 24.1 Å². The maximum atomic E-state index is 12.3. The van der Waals surface area contributed by atoms with Gasteiger partial charge in [0.1, 0.15) is 19.3 Å². The molecule has 0 aromatic heterocycles. The Morgan fingerprint density at radius 1 is 0.510 bits per heavy atom. The van der Waals surface area contributed by atoms with Crippen LogP contribution in [0.15, 0.2) is 0 Å². The Labute approximate surface area is 303 Å². The van der Waals surface area contributed by atoms with E-state index < -0.39 is 18.0 Å². The number of Topliss-reactive ketones (excluding diaryl/α,β-unsaturated/α-hetero) is 1. The topological polar surface area (TPSA) is 216 Å². The third-order valence-electron chi connectivity index (χ3n) is 7.84. The average Bonchev–Trinajstić information content (AvgIpc) is 3.08. The first kappa shape index (κ1) is 47.9. The monoisotopic (exact) mass is 731 g/mol. The minimum absolute atomic E-state index is 0.0207. The van der Waals surface area contributed by atoms with E-state index in [-0.39, 0.29) is 94.7 Å². The zero-order valence-electron chi connectivity index (χ0n) is 31.0. The van der Waals surface area contributed by atoms with Crippen LogP contribution in [0.5, 0.6) is 0 Å². The molecule has 0 aromatic rings. The van der Waals surface area contributed by atoms with Crippen LogP contribution in [0.2, 0.25) is 0 Å². The molecule has 3 amide bonds.